The SMILES string of the molecule is CC(C)(C)C1CCC2(CC1)NC(=O)N(CC(=O)NC(CN)C1CC1)C2=O. The van der Waals surface area contributed by atoms with Gasteiger partial charge in [0.05, 0.1) is 0 Å². The molecular formula is C19H32N4O3. The van der Waals surface area contributed by atoms with E-state index in [1.807, 2.05) is 0 Å². The lowest BCUT2D eigenvalue weighted by atomic mass is 9.67. The molecule has 4 N–H and O–H groups in total. The van der Waals surface area contributed by atoms with Gasteiger partial charge in [0.25, 0.3) is 5.91 Å². The highest BCUT2D eigenvalue weighted by atomic mass is 16.2. The summed E-state index contributed by atoms with van der Waals surface area (Å²) in [6.07, 6.45) is 5.25. The summed E-state index contributed by atoms with van der Waals surface area (Å²) in [6.45, 7) is 6.81. The van der Waals surface area contributed by atoms with Gasteiger partial charge in [0.15, 0.2) is 0 Å². The number of nitrogens with one attached hydrogen (secondary N) is 2. The largest absolute Gasteiger partial charge is 0.350 e. The van der Waals surface area contributed by atoms with Crippen molar-refractivity contribution >= 4 is 17.8 Å². The van der Waals surface area contributed by atoms with Crippen LogP contribution in [-0.2, 0) is 9.59 Å². The number of rotatable bonds is 5. The first-order valence-electron chi connectivity index (χ1n) is 9.80. The summed E-state index contributed by atoms with van der Waals surface area (Å²) in [5, 5.41) is 5.76. The lowest BCUT2D eigenvalue weighted by Crippen LogP contribution is -2.51. The van der Waals surface area contributed by atoms with Crippen LogP contribution in [0.15, 0.2) is 0 Å². The molecule has 0 radical (unpaired) electrons. The van der Waals surface area contributed by atoms with E-state index in [4.69, 9.17) is 5.73 Å². The molecule has 0 aromatic rings. The van der Waals surface area contributed by atoms with Crippen molar-refractivity contribution in [2.24, 2.45) is 23.0 Å². The van der Waals surface area contributed by atoms with Gasteiger partial charge < -0.3 is 16.4 Å². The molecule has 1 spiro atoms. The van der Waals surface area contributed by atoms with Gasteiger partial charge in [-0.3, -0.25) is 14.5 Å². The number of amides is 4. The maximum atomic E-state index is 12.9. The summed E-state index contributed by atoms with van der Waals surface area (Å²) in [5.74, 6) is 0.419. The first-order valence-corrected chi connectivity index (χ1v) is 9.80. The Morgan fingerprint density at radius 3 is 2.38 bits per heavy atom. The molecule has 146 valence electrons. The standard InChI is InChI=1S/C19H32N4O3/c1-18(2,3)13-6-8-19(9-7-13)16(25)23(17(26)22-19)11-15(24)21-14(10-20)12-4-5-12/h12-14H,4-11,20H2,1-3H3,(H,21,24)(H,22,26). The first kappa shape index (κ1) is 19.1. The molecule has 0 aromatic carbocycles. The number of carbonyl (C=O) groups excluding carboxylic acids is 3. The third kappa shape index (κ3) is 3.72. The number of hydrogen-bond donors (Lipinski definition) is 3. The topological polar surface area (TPSA) is 105 Å². The predicted molar refractivity (Wildman–Crippen MR) is 98.1 cm³/mol. The minimum Gasteiger partial charge on any atom is -0.350 e. The highest BCUT2D eigenvalue weighted by molar-refractivity contribution is 6.09. The molecule has 1 atom stereocenters. The second-order valence-corrected chi connectivity index (χ2v) is 9.29. The van der Waals surface area contributed by atoms with E-state index in [-0.39, 0.29) is 29.8 Å². The number of urea groups is 1. The highest BCUT2D eigenvalue weighted by Crippen LogP contribution is 2.43. The van der Waals surface area contributed by atoms with Gasteiger partial charge in [-0.05, 0) is 55.8 Å². The smallest absolute Gasteiger partial charge is 0.325 e. The van der Waals surface area contributed by atoms with Gasteiger partial charge in [-0.15, -0.1) is 0 Å². The Morgan fingerprint density at radius 1 is 1.27 bits per heavy atom. The molecule has 3 aliphatic rings. The predicted octanol–water partition coefficient (Wildman–Crippen LogP) is 1.37. The fourth-order valence-electron chi connectivity index (χ4n) is 4.40. The minimum atomic E-state index is -0.817. The third-order valence-corrected chi connectivity index (χ3v) is 6.40. The summed E-state index contributed by atoms with van der Waals surface area (Å²) in [7, 11) is 0. The van der Waals surface area contributed by atoms with Crippen LogP contribution in [0.3, 0.4) is 0 Å². The van der Waals surface area contributed by atoms with Crippen LogP contribution < -0.4 is 16.4 Å². The zero-order valence-electron chi connectivity index (χ0n) is 16.1. The average molecular weight is 364 g/mol. The molecule has 0 aromatic heterocycles. The van der Waals surface area contributed by atoms with E-state index in [1.54, 1.807) is 0 Å². The van der Waals surface area contributed by atoms with Gasteiger partial charge >= 0.3 is 6.03 Å². The zero-order chi connectivity index (χ0) is 19.1. The Balaban J connectivity index is 1.59. The average Bonchev–Trinajstić information content (AvgIpc) is 3.38. The summed E-state index contributed by atoms with van der Waals surface area (Å²) in [6, 6.07) is -0.505. The van der Waals surface area contributed by atoms with Gasteiger partial charge in [-0.2, -0.15) is 0 Å². The summed E-state index contributed by atoms with van der Waals surface area (Å²) < 4.78 is 0. The Labute approximate surface area is 155 Å². The second-order valence-electron chi connectivity index (χ2n) is 9.29. The van der Waals surface area contributed by atoms with Gasteiger partial charge in [0, 0.05) is 12.6 Å². The number of hydrogen-bond acceptors (Lipinski definition) is 4. The van der Waals surface area contributed by atoms with Crippen LogP contribution in [0.2, 0.25) is 0 Å². The molecule has 0 bridgehead atoms. The maximum absolute atomic E-state index is 12.9. The van der Waals surface area contributed by atoms with Crippen molar-refractivity contribution in [1.82, 2.24) is 15.5 Å². The lowest BCUT2D eigenvalue weighted by molar-refractivity contribution is -0.136. The molecule has 2 aliphatic carbocycles. The highest BCUT2D eigenvalue weighted by Gasteiger charge is 2.53. The van der Waals surface area contributed by atoms with E-state index >= 15 is 0 Å². The molecule has 7 heteroatoms. The summed E-state index contributed by atoms with van der Waals surface area (Å²) >= 11 is 0. The number of nitrogens with two attached hydrogens (primary N) is 1. The Morgan fingerprint density at radius 2 is 1.88 bits per heavy atom. The molecule has 1 unspecified atom stereocenters. The molecule has 1 aliphatic heterocycles. The van der Waals surface area contributed by atoms with Crippen molar-refractivity contribution in [3.8, 4) is 0 Å². The van der Waals surface area contributed by atoms with E-state index in [9.17, 15) is 14.4 Å². The van der Waals surface area contributed by atoms with Crippen molar-refractivity contribution < 1.29 is 14.4 Å². The fraction of sp³-hybridized carbons (Fsp3) is 0.842. The fourth-order valence-corrected chi connectivity index (χ4v) is 4.40. The molecule has 3 rings (SSSR count). The first-order chi connectivity index (χ1) is 12.2. The number of imide groups is 1. The van der Waals surface area contributed by atoms with Crippen LogP contribution in [0.5, 0.6) is 0 Å². The second kappa shape index (κ2) is 6.83. The third-order valence-electron chi connectivity index (χ3n) is 6.40. The Kier molecular flexibility index (Phi) is 5.03. The minimum absolute atomic E-state index is 0.0561. The van der Waals surface area contributed by atoms with Gasteiger partial charge in [0.2, 0.25) is 5.91 Å². The van der Waals surface area contributed by atoms with Gasteiger partial charge in [-0.1, -0.05) is 20.8 Å². The molecule has 3 fully saturated rings. The van der Waals surface area contributed by atoms with Crippen LogP contribution in [-0.4, -0.2) is 47.4 Å². The molecule has 1 saturated heterocycles. The normalized spacial score (nSPS) is 30.5. The van der Waals surface area contributed by atoms with Crippen molar-refractivity contribution in [3.63, 3.8) is 0 Å². The zero-order valence-corrected chi connectivity index (χ0v) is 16.1. The summed E-state index contributed by atoms with van der Waals surface area (Å²) in [4.78, 5) is 38.7. The maximum Gasteiger partial charge on any atom is 0.325 e. The van der Waals surface area contributed by atoms with Gasteiger partial charge in [0.1, 0.15) is 12.1 Å². The van der Waals surface area contributed by atoms with Crippen LogP contribution in [0.25, 0.3) is 0 Å². The van der Waals surface area contributed by atoms with Crippen LogP contribution in [0, 0.1) is 17.3 Å². The van der Waals surface area contributed by atoms with E-state index in [2.05, 4.69) is 31.4 Å². The van der Waals surface area contributed by atoms with Crippen molar-refractivity contribution in [1.29, 1.82) is 0 Å². The Bertz CT molecular complexity index is 586. The van der Waals surface area contributed by atoms with Crippen molar-refractivity contribution in [2.75, 3.05) is 13.1 Å². The lowest BCUT2D eigenvalue weighted by Gasteiger charge is -2.40. The van der Waals surface area contributed by atoms with E-state index < -0.39 is 11.6 Å². The molecule has 7 nitrogen and oxygen atoms in total. The van der Waals surface area contributed by atoms with E-state index in [0.717, 1.165) is 30.6 Å². The molecule has 26 heavy (non-hydrogen) atoms. The van der Waals surface area contributed by atoms with Gasteiger partial charge in [-0.25, -0.2) is 4.79 Å². The van der Waals surface area contributed by atoms with Crippen LogP contribution >= 0.6 is 0 Å². The molecule has 2 saturated carbocycles. The van der Waals surface area contributed by atoms with Crippen LogP contribution in [0.1, 0.15) is 59.3 Å². The number of nitrogens with zero attached hydrogens (tertiary/aromatic N) is 1. The monoisotopic (exact) mass is 364 g/mol. The molecule has 1 heterocycles. The Hall–Kier alpha value is -1.63. The number of carbonyl (C=O) groups is 3. The van der Waals surface area contributed by atoms with E-state index in [0.29, 0.717) is 31.2 Å². The van der Waals surface area contributed by atoms with Crippen LogP contribution in [0.4, 0.5) is 4.79 Å². The van der Waals surface area contributed by atoms with E-state index in [1.165, 1.54) is 0 Å². The van der Waals surface area contributed by atoms with Crippen molar-refractivity contribution in [3.05, 3.63) is 0 Å². The molecular weight excluding hydrogens is 332 g/mol. The summed E-state index contributed by atoms with van der Waals surface area (Å²) in [5.41, 5.74) is 5.09. The quantitative estimate of drug-likeness (QED) is 0.641. The molecule has 4 amide bonds. The van der Waals surface area contributed by atoms with Crippen molar-refractivity contribution in [2.45, 2.75) is 70.9 Å².